The summed E-state index contributed by atoms with van der Waals surface area (Å²) in [6.45, 7) is -0.457. The molecule has 0 spiro atoms. The van der Waals surface area contributed by atoms with Crippen molar-refractivity contribution in [3.8, 4) is 5.75 Å². The molecule has 3 rings (SSSR count). The summed E-state index contributed by atoms with van der Waals surface area (Å²) >= 11 is 0. The molecule has 1 aromatic rings. The van der Waals surface area contributed by atoms with E-state index in [4.69, 9.17) is 0 Å². The lowest BCUT2D eigenvalue weighted by atomic mass is 9.75. The maximum atomic E-state index is 12.2. The number of anilines is 1. The number of hydrogen-bond donors (Lipinski definition) is 1. The third-order valence-corrected chi connectivity index (χ3v) is 5.11. The van der Waals surface area contributed by atoms with Crippen molar-refractivity contribution in [3.05, 3.63) is 24.3 Å². The Morgan fingerprint density at radius 2 is 1.88 bits per heavy atom. The van der Waals surface area contributed by atoms with Gasteiger partial charge in [0.15, 0.2) is 0 Å². The molecule has 2 fully saturated rings. The molecule has 1 saturated carbocycles. The number of piperidine rings is 1. The summed E-state index contributed by atoms with van der Waals surface area (Å²) in [5.74, 6) is 1.61. The molecule has 132 valence electrons. The molecular weight excluding hydrogens is 314 g/mol. The van der Waals surface area contributed by atoms with Crippen LogP contribution in [0.3, 0.4) is 0 Å². The van der Waals surface area contributed by atoms with Gasteiger partial charge in [-0.1, -0.05) is 19.3 Å². The van der Waals surface area contributed by atoms with Gasteiger partial charge in [-0.2, -0.15) is 8.78 Å². The van der Waals surface area contributed by atoms with Crippen LogP contribution < -0.4 is 10.1 Å². The third-order valence-electron chi connectivity index (χ3n) is 5.11. The maximum absolute atomic E-state index is 12.2. The van der Waals surface area contributed by atoms with Crippen LogP contribution in [0.2, 0.25) is 0 Å². The fourth-order valence-corrected chi connectivity index (χ4v) is 3.94. The molecule has 1 aliphatic carbocycles. The molecule has 1 aromatic carbocycles. The van der Waals surface area contributed by atoms with Crippen LogP contribution in [0.15, 0.2) is 24.3 Å². The smallest absolute Gasteiger partial charge is 0.387 e. The number of rotatable bonds is 5. The summed E-state index contributed by atoms with van der Waals surface area (Å²) in [6, 6.07) is 6.00. The second kappa shape index (κ2) is 7.92. The molecule has 2 atom stereocenters. The van der Waals surface area contributed by atoms with E-state index in [-0.39, 0.29) is 11.7 Å². The van der Waals surface area contributed by atoms with Gasteiger partial charge in [-0.25, -0.2) is 0 Å². The lowest BCUT2D eigenvalue weighted by molar-refractivity contribution is -0.118. The van der Waals surface area contributed by atoms with Gasteiger partial charge in [-0.15, -0.1) is 0 Å². The van der Waals surface area contributed by atoms with Gasteiger partial charge in [-0.3, -0.25) is 9.69 Å². The Balaban J connectivity index is 1.47. The number of nitrogens with zero attached hydrogens (tertiary/aromatic N) is 1. The van der Waals surface area contributed by atoms with Crippen LogP contribution in [-0.4, -0.2) is 37.1 Å². The zero-order chi connectivity index (χ0) is 16.9. The summed E-state index contributed by atoms with van der Waals surface area (Å²) in [4.78, 5) is 14.4. The average Bonchev–Trinajstić information content (AvgIpc) is 2.56. The average molecular weight is 338 g/mol. The van der Waals surface area contributed by atoms with Crippen molar-refractivity contribution in [1.29, 1.82) is 0 Å². The van der Waals surface area contributed by atoms with Gasteiger partial charge in [0.1, 0.15) is 5.75 Å². The first-order valence-corrected chi connectivity index (χ1v) is 8.67. The van der Waals surface area contributed by atoms with Crippen LogP contribution in [0.1, 0.15) is 32.1 Å². The Kier molecular flexibility index (Phi) is 5.66. The zero-order valence-electron chi connectivity index (χ0n) is 13.7. The minimum Gasteiger partial charge on any atom is -0.435 e. The molecule has 6 heteroatoms. The Morgan fingerprint density at radius 1 is 1.17 bits per heavy atom. The number of amides is 1. The molecule has 1 amide bonds. The molecule has 4 nitrogen and oxygen atoms in total. The van der Waals surface area contributed by atoms with Gasteiger partial charge in [0.05, 0.1) is 6.54 Å². The summed E-state index contributed by atoms with van der Waals surface area (Å²) in [7, 11) is 0. The van der Waals surface area contributed by atoms with Crippen molar-refractivity contribution in [2.75, 3.05) is 25.0 Å². The summed E-state index contributed by atoms with van der Waals surface area (Å²) in [5.41, 5.74) is 0.592. The van der Waals surface area contributed by atoms with Crippen molar-refractivity contribution in [2.24, 2.45) is 11.8 Å². The molecule has 1 aliphatic heterocycles. The maximum Gasteiger partial charge on any atom is 0.387 e. The topological polar surface area (TPSA) is 41.6 Å². The highest BCUT2D eigenvalue weighted by atomic mass is 19.3. The van der Waals surface area contributed by atoms with Crippen molar-refractivity contribution in [1.82, 2.24) is 4.90 Å². The lowest BCUT2D eigenvalue weighted by Gasteiger charge is -2.41. The third kappa shape index (κ3) is 4.66. The highest BCUT2D eigenvalue weighted by Gasteiger charge is 2.31. The fraction of sp³-hybridized carbons (Fsp3) is 0.611. The minimum atomic E-state index is -2.84. The number of halogens is 2. The molecule has 1 N–H and O–H groups in total. The molecule has 24 heavy (non-hydrogen) atoms. The van der Waals surface area contributed by atoms with E-state index in [1.807, 2.05) is 0 Å². The van der Waals surface area contributed by atoms with E-state index in [1.54, 1.807) is 12.1 Å². The van der Waals surface area contributed by atoms with E-state index in [1.165, 1.54) is 44.2 Å². The minimum absolute atomic E-state index is 0.0632. The Hall–Kier alpha value is -1.69. The number of carbonyl (C=O) groups is 1. The number of carbonyl (C=O) groups excluding carboxylic acids is 1. The summed E-state index contributed by atoms with van der Waals surface area (Å²) < 4.78 is 28.5. The van der Waals surface area contributed by atoms with Crippen molar-refractivity contribution >= 4 is 11.6 Å². The highest BCUT2D eigenvalue weighted by Crippen LogP contribution is 2.35. The first-order chi connectivity index (χ1) is 11.6. The normalized spacial score (nSPS) is 24.5. The molecule has 0 unspecified atom stereocenters. The van der Waals surface area contributed by atoms with Gasteiger partial charge in [0.2, 0.25) is 5.91 Å². The number of alkyl halides is 2. The quantitative estimate of drug-likeness (QED) is 0.889. The SMILES string of the molecule is O=C(CN1CC[C@H]2CCCC[C@@H]2C1)Nc1ccc(OC(F)F)cc1. The van der Waals surface area contributed by atoms with Crippen LogP contribution in [0.5, 0.6) is 5.75 Å². The number of benzene rings is 1. The van der Waals surface area contributed by atoms with E-state index >= 15 is 0 Å². The Labute approximate surface area is 141 Å². The number of ether oxygens (including phenoxy) is 1. The van der Waals surface area contributed by atoms with Crippen LogP contribution in [0, 0.1) is 11.8 Å². The predicted octanol–water partition coefficient (Wildman–Crippen LogP) is 3.74. The van der Waals surface area contributed by atoms with Gasteiger partial charge in [-0.05, 0) is 55.5 Å². The Bertz CT molecular complexity index is 550. The molecule has 0 aromatic heterocycles. The largest absolute Gasteiger partial charge is 0.435 e. The lowest BCUT2D eigenvalue weighted by Crippen LogP contribution is -2.44. The number of nitrogens with one attached hydrogen (secondary N) is 1. The van der Waals surface area contributed by atoms with E-state index in [0.29, 0.717) is 12.2 Å². The number of hydrogen-bond acceptors (Lipinski definition) is 3. The monoisotopic (exact) mass is 338 g/mol. The first-order valence-electron chi connectivity index (χ1n) is 8.67. The van der Waals surface area contributed by atoms with E-state index < -0.39 is 6.61 Å². The van der Waals surface area contributed by atoms with Gasteiger partial charge < -0.3 is 10.1 Å². The van der Waals surface area contributed by atoms with Gasteiger partial charge >= 0.3 is 6.61 Å². The zero-order valence-corrected chi connectivity index (χ0v) is 13.7. The van der Waals surface area contributed by atoms with Crippen LogP contribution in [0.4, 0.5) is 14.5 Å². The van der Waals surface area contributed by atoms with Crippen LogP contribution >= 0.6 is 0 Å². The second-order valence-electron chi connectivity index (χ2n) is 6.78. The first kappa shape index (κ1) is 17.1. The van der Waals surface area contributed by atoms with Crippen molar-refractivity contribution in [2.45, 2.75) is 38.7 Å². The van der Waals surface area contributed by atoms with Crippen molar-refractivity contribution < 1.29 is 18.3 Å². The second-order valence-corrected chi connectivity index (χ2v) is 6.78. The van der Waals surface area contributed by atoms with E-state index in [9.17, 15) is 13.6 Å². The van der Waals surface area contributed by atoms with Gasteiger partial charge in [0, 0.05) is 12.2 Å². The summed E-state index contributed by atoms with van der Waals surface area (Å²) in [5, 5.41) is 2.82. The van der Waals surface area contributed by atoms with E-state index in [2.05, 4.69) is 15.0 Å². The Morgan fingerprint density at radius 3 is 2.58 bits per heavy atom. The van der Waals surface area contributed by atoms with Crippen LogP contribution in [0.25, 0.3) is 0 Å². The number of fused-ring (bicyclic) bond motifs is 1. The molecule has 1 saturated heterocycles. The van der Waals surface area contributed by atoms with E-state index in [0.717, 1.165) is 24.9 Å². The molecule has 0 bridgehead atoms. The highest BCUT2D eigenvalue weighted by molar-refractivity contribution is 5.92. The van der Waals surface area contributed by atoms with Crippen molar-refractivity contribution in [3.63, 3.8) is 0 Å². The standard InChI is InChI=1S/C18H24F2N2O2/c19-18(20)24-16-7-5-15(6-8-16)21-17(23)12-22-10-9-13-3-1-2-4-14(13)11-22/h5-8,13-14,18H,1-4,9-12H2,(H,21,23)/t13-,14-/m1/s1. The predicted molar refractivity (Wildman–Crippen MR) is 88.2 cm³/mol. The number of likely N-dealkylation sites (tertiary alicyclic amines) is 1. The molecular formula is C18H24F2N2O2. The molecule has 0 radical (unpaired) electrons. The van der Waals surface area contributed by atoms with Gasteiger partial charge in [0.25, 0.3) is 0 Å². The summed E-state index contributed by atoms with van der Waals surface area (Å²) in [6.07, 6.45) is 6.49. The molecule has 2 aliphatic rings. The van der Waals surface area contributed by atoms with Crippen LogP contribution in [-0.2, 0) is 4.79 Å². The fourth-order valence-electron chi connectivity index (χ4n) is 3.94. The molecule has 1 heterocycles.